The summed E-state index contributed by atoms with van der Waals surface area (Å²) in [6.07, 6.45) is 18.2. The molecule has 0 aromatic rings. The molecule has 0 saturated carbocycles. The molecule has 0 aromatic heterocycles. The van der Waals surface area contributed by atoms with Crippen LogP contribution in [0.5, 0.6) is 0 Å². The highest BCUT2D eigenvalue weighted by Gasteiger charge is 2.16. The number of nitrogens with zero attached hydrogens (tertiary/aromatic N) is 1. The molecule has 0 rings (SSSR count). The molecule has 0 bridgehead atoms. The van der Waals surface area contributed by atoms with Gasteiger partial charge in [0.1, 0.15) is 0 Å². The third-order valence-electron chi connectivity index (χ3n) is 4.16. The molecule has 0 aromatic carbocycles. The maximum atomic E-state index is 4.76. The minimum absolute atomic E-state index is 0.218. The molecule has 0 atom stereocenters. The minimum atomic E-state index is 0.218. The zero-order valence-corrected chi connectivity index (χ0v) is 14.8. The van der Waals surface area contributed by atoms with Crippen LogP contribution in [0.15, 0.2) is 0 Å². The fraction of sp³-hybridized carbons (Fsp3) is 1.00. The van der Waals surface area contributed by atoms with Gasteiger partial charge in [-0.15, -0.1) is 0 Å². The van der Waals surface area contributed by atoms with Gasteiger partial charge >= 0.3 is 0 Å². The van der Waals surface area contributed by atoms with Crippen molar-refractivity contribution in [3.8, 4) is 0 Å². The molecule has 0 N–H and O–H groups in total. The van der Waals surface area contributed by atoms with E-state index in [0.717, 1.165) is 6.54 Å². The van der Waals surface area contributed by atoms with Crippen molar-refractivity contribution in [3.63, 3.8) is 0 Å². The van der Waals surface area contributed by atoms with Crippen molar-refractivity contribution in [2.45, 2.75) is 117 Å². The molecule has 1 nitrogen and oxygen atoms in total. The first-order valence-electron chi connectivity index (χ1n) is 9.31. The Morgan fingerprint density at radius 1 is 0.600 bits per heavy atom. The monoisotopic (exact) mass is 282 g/mol. The Morgan fingerprint density at radius 3 is 1.50 bits per heavy atom. The Morgan fingerprint density at radius 2 is 1.05 bits per heavy atom. The quantitative estimate of drug-likeness (QED) is 0.305. The lowest BCUT2D eigenvalue weighted by Crippen LogP contribution is -2.33. The van der Waals surface area contributed by atoms with Crippen LogP contribution in [0.25, 0.3) is 0 Å². The van der Waals surface area contributed by atoms with Gasteiger partial charge in [-0.2, -0.15) is 0 Å². The third kappa shape index (κ3) is 14.4. The molecular formula is C19H40N. The maximum absolute atomic E-state index is 4.76. The lowest BCUT2D eigenvalue weighted by atomic mass is 9.95. The van der Waals surface area contributed by atoms with Gasteiger partial charge in [0, 0.05) is 12.1 Å². The summed E-state index contributed by atoms with van der Waals surface area (Å²) >= 11 is 0. The van der Waals surface area contributed by atoms with E-state index < -0.39 is 0 Å². The van der Waals surface area contributed by atoms with Gasteiger partial charge in [-0.05, 0) is 26.7 Å². The third-order valence-corrected chi connectivity index (χ3v) is 4.16. The average Bonchev–Trinajstić information content (AvgIpc) is 2.42. The summed E-state index contributed by atoms with van der Waals surface area (Å²) in [4.78, 5) is 0. The molecule has 0 amide bonds. The fourth-order valence-electron chi connectivity index (χ4n) is 2.72. The van der Waals surface area contributed by atoms with Crippen LogP contribution in [0.2, 0.25) is 0 Å². The molecule has 121 valence electrons. The smallest absolute Gasteiger partial charge is 0.0300 e. The second-order valence-electron chi connectivity index (χ2n) is 6.98. The largest absolute Gasteiger partial charge is 0.236 e. The van der Waals surface area contributed by atoms with Gasteiger partial charge in [0.05, 0.1) is 0 Å². The molecule has 0 unspecified atom stereocenters. The molecule has 20 heavy (non-hydrogen) atoms. The number of unbranched alkanes of at least 4 members (excludes halogenated alkanes) is 10. The molecule has 0 aliphatic carbocycles. The zero-order chi connectivity index (χ0) is 15.1. The molecule has 0 fully saturated rings. The highest BCUT2D eigenvalue weighted by Crippen LogP contribution is 2.17. The highest BCUT2D eigenvalue weighted by molar-refractivity contribution is 4.76. The van der Waals surface area contributed by atoms with Gasteiger partial charge in [0.2, 0.25) is 0 Å². The second-order valence-corrected chi connectivity index (χ2v) is 6.98. The van der Waals surface area contributed by atoms with E-state index in [0.29, 0.717) is 0 Å². The van der Waals surface area contributed by atoms with Crippen molar-refractivity contribution in [3.05, 3.63) is 0 Å². The first-order chi connectivity index (χ1) is 9.62. The summed E-state index contributed by atoms with van der Waals surface area (Å²) in [5.74, 6) is 0. The fourth-order valence-corrected chi connectivity index (χ4v) is 2.72. The van der Waals surface area contributed by atoms with E-state index in [2.05, 4.69) is 27.7 Å². The first kappa shape index (κ1) is 20.0. The van der Waals surface area contributed by atoms with Crippen LogP contribution >= 0.6 is 0 Å². The lowest BCUT2D eigenvalue weighted by Gasteiger charge is -2.24. The van der Waals surface area contributed by atoms with E-state index in [1.807, 2.05) is 0 Å². The topological polar surface area (TPSA) is 14.1 Å². The van der Waals surface area contributed by atoms with Gasteiger partial charge in [0.15, 0.2) is 0 Å². The van der Waals surface area contributed by atoms with E-state index in [1.54, 1.807) is 0 Å². The van der Waals surface area contributed by atoms with Crippen LogP contribution in [-0.2, 0) is 0 Å². The van der Waals surface area contributed by atoms with Gasteiger partial charge in [-0.25, -0.2) is 5.32 Å². The Labute approximate surface area is 129 Å². The van der Waals surface area contributed by atoms with Crippen LogP contribution in [0, 0.1) is 0 Å². The van der Waals surface area contributed by atoms with Crippen LogP contribution in [-0.4, -0.2) is 12.1 Å². The van der Waals surface area contributed by atoms with Crippen molar-refractivity contribution in [2.75, 3.05) is 6.54 Å². The van der Waals surface area contributed by atoms with E-state index >= 15 is 0 Å². The van der Waals surface area contributed by atoms with Crippen LogP contribution < -0.4 is 5.32 Å². The summed E-state index contributed by atoms with van der Waals surface area (Å²) < 4.78 is 0. The zero-order valence-electron chi connectivity index (χ0n) is 14.8. The van der Waals surface area contributed by atoms with Crippen LogP contribution in [0.3, 0.4) is 0 Å². The van der Waals surface area contributed by atoms with Gasteiger partial charge in [0.25, 0.3) is 0 Å². The van der Waals surface area contributed by atoms with Crippen molar-refractivity contribution in [2.24, 2.45) is 0 Å². The van der Waals surface area contributed by atoms with Crippen molar-refractivity contribution < 1.29 is 0 Å². The standard InChI is InChI=1S/C19H40N/c1-5-7-8-9-10-11-12-13-14-15-16-17-19(3,4)20-18-6-2/h5-18H2,1-4H3. The van der Waals surface area contributed by atoms with Crippen LogP contribution in [0.1, 0.15) is 111 Å². The Hall–Kier alpha value is -0.0400. The Balaban J connectivity index is 3.20. The highest BCUT2D eigenvalue weighted by atomic mass is 14.9. The summed E-state index contributed by atoms with van der Waals surface area (Å²) in [5, 5.41) is 4.76. The summed E-state index contributed by atoms with van der Waals surface area (Å²) in [6.45, 7) is 10.1. The Bertz CT molecular complexity index is 186. The van der Waals surface area contributed by atoms with Crippen LogP contribution in [0.4, 0.5) is 0 Å². The summed E-state index contributed by atoms with van der Waals surface area (Å²) in [5.41, 5.74) is 0.218. The van der Waals surface area contributed by atoms with E-state index in [1.165, 1.54) is 83.5 Å². The number of hydrogen-bond acceptors (Lipinski definition) is 0. The SMILES string of the molecule is CCCCCCCCCCCCCC(C)(C)[N]CCC. The molecule has 0 saturated heterocycles. The van der Waals surface area contributed by atoms with Gasteiger partial charge < -0.3 is 0 Å². The second kappa shape index (κ2) is 13.9. The lowest BCUT2D eigenvalue weighted by molar-refractivity contribution is 0.340. The molecule has 0 spiro atoms. The molecular weight excluding hydrogens is 242 g/mol. The van der Waals surface area contributed by atoms with E-state index in [4.69, 9.17) is 5.32 Å². The molecule has 0 aliphatic heterocycles. The first-order valence-corrected chi connectivity index (χ1v) is 9.31. The molecule has 0 heterocycles. The maximum Gasteiger partial charge on any atom is 0.0300 e. The molecule has 1 heteroatoms. The predicted octanol–water partition coefficient (Wildman–Crippen LogP) is 6.48. The average molecular weight is 283 g/mol. The predicted molar refractivity (Wildman–Crippen MR) is 92.4 cm³/mol. The van der Waals surface area contributed by atoms with Crippen molar-refractivity contribution in [1.82, 2.24) is 5.32 Å². The molecule has 0 aliphatic rings. The summed E-state index contributed by atoms with van der Waals surface area (Å²) in [6, 6.07) is 0. The normalized spacial score (nSPS) is 12.0. The minimum Gasteiger partial charge on any atom is -0.236 e. The van der Waals surface area contributed by atoms with Crippen molar-refractivity contribution in [1.29, 1.82) is 0 Å². The summed E-state index contributed by atoms with van der Waals surface area (Å²) in [7, 11) is 0. The van der Waals surface area contributed by atoms with E-state index in [-0.39, 0.29) is 5.54 Å². The Kier molecular flexibility index (Phi) is 13.9. The number of rotatable bonds is 15. The molecule has 1 radical (unpaired) electrons. The number of hydrogen-bond donors (Lipinski definition) is 0. The van der Waals surface area contributed by atoms with Crippen molar-refractivity contribution >= 4 is 0 Å². The van der Waals surface area contributed by atoms with Gasteiger partial charge in [-0.3, -0.25) is 0 Å². The van der Waals surface area contributed by atoms with E-state index in [9.17, 15) is 0 Å². The van der Waals surface area contributed by atoms with Gasteiger partial charge in [-0.1, -0.05) is 84.5 Å².